The Bertz CT molecular complexity index is 923. The van der Waals surface area contributed by atoms with Crippen LogP contribution in [0.3, 0.4) is 0 Å². The van der Waals surface area contributed by atoms with E-state index in [4.69, 9.17) is 4.74 Å². The van der Waals surface area contributed by atoms with Crippen LogP contribution >= 0.6 is 0 Å². The van der Waals surface area contributed by atoms with Gasteiger partial charge < -0.3 is 9.64 Å². The highest BCUT2D eigenvalue weighted by Crippen LogP contribution is 2.34. The van der Waals surface area contributed by atoms with Crippen molar-refractivity contribution < 1.29 is 13.2 Å². The van der Waals surface area contributed by atoms with Gasteiger partial charge in [-0.25, -0.2) is 13.1 Å². The molecule has 164 valence electrons. The van der Waals surface area contributed by atoms with Crippen LogP contribution in [0.4, 0.5) is 5.69 Å². The van der Waals surface area contributed by atoms with Gasteiger partial charge in [-0.1, -0.05) is 30.3 Å². The van der Waals surface area contributed by atoms with Crippen LogP contribution in [0.1, 0.15) is 43.6 Å². The number of sulfonamides is 1. The Hall–Kier alpha value is -1.90. The molecule has 1 aliphatic heterocycles. The number of hydrogen-bond donors (Lipinski definition) is 1. The van der Waals surface area contributed by atoms with E-state index in [0.29, 0.717) is 12.5 Å². The first kappa shape index (κ1) is 21.3. The van der Waals surface area contributed by atoms with Gasteiger partial charge >= 0.3 is 0 Å². The Morgan fingerprint density at radius 1 is 1.13 bits per heavy atom. The van der Waals surface area contributed by atoms with Gasteiger partial charge in [-0.15, -0.1) is 0 Å². The van der Waals surface area contributed by atoms with Crippen LogP contribution in [-0.2, 0) is 21.8 Å². The first-order valence-corrected chi connectivity index (χ1v) is 12.7. The van der Waals surface area contributed by atoms with Crippen LogP contribution in [0, 0.1) is 0 Å². The molecule has 0 amide bonds. The van der Waals surface area contributed by atoms with E-state index in [1.807, 2.05) is 19.4 Å². The quantitative estimate of drug-likeness (QED) is 0.728. The molecule has 1 N–H and O–H groups in total. The molecule has 0 radical (unpaired) electrons. The van der Waals surface area contributed by atoms with Gasteiger partial charge in [0.25, 0.3) is 0 Å². The maximum absolute atomic E-state index is 11.9. The number of aromatic nitrogens is 2. The molecule has 2 fully saturated rings. The van der Waals surface area contributed by atoms with Crippen molar-refractivity contribution >= 4 is 15.7 Å². The molecule has 8 heteroatoms. The molecule has 0 spiro atoms. The number of nitrogens with zero attached hydrogens (tertiary/aromatic N) is 3. The van der Waals surface area contributed by atoms with Crippen molar-refractivity contribution in [2.24, 2.45) is 7.05 Å². The molecule has 1 aromatic carbocycles. The zero-order valence-electron chi connectivity index (χ0n) is 17.8. The second-order valence-corrected chi connectivity index (χ2v) is 10.4. The molecular weight excluding hydrogens is 400 g/mol. The first-order chi connectivity index (χ1) is 14.4. The van der Waals surface area contributed by atoms with Gasteiger partial charge in [-0.05, 0) is 43.6 Å². The van der Waals surface area contributed by atoms with Crippen molar-refractivity contribution in [1.29, 1.82) is 0 Å². The molecular formula is C22H32N4O3S. The number of hydrogen-bond acceptors (Lipinski definition) is 5. The van der Waals surface area contributed by atoms with Crippen LogP contribution in [-0.4, -0.2) is 55.8 Å². The summed E-state index contributed by atoms with van der Waals surface area (Å²) >= 11 is 0. The standard InChI is InChI=1S/C22H32N4O3S/c1-25-15-19(14-23-25)26-13-12-21(24-30(2,27)28)22(26)16-29-20-10-8-18(9-11-20)17-6-4-3-5-7-17/h3-7,14-15,18,20-22,24H,8-13,16H2,1-2H3/t18-,20+,21-,22-/m0/s1. The molecule has 1 aliphatic carbocycles. The molecule has 30 heavy (non-hydrogen) atoms. The van der Waals surface area contributed by atoms with Crippen LogP contribution in [0.5, 0.6) is 0 Å². The zero-order chi connectivity index (χ0) is 21.1. The Morgan fingerprint density at radius 3 is 2.50 bits per heavy atom. The zero-order valence-corrected chi connectivity index (χ0v) is 18.6. The summed E-state index contributed by atoms with van der Waals surface area (Å²) in [5.41, 5.74) is 2.43. The normalized spacial score (nSPS) is 27.5. The van der Waals surface area contributed by atoms with Crippen LogP contribution in [0.15, 0.2) is 42.7 Å². The molecule has 2 aliphatic rings. The van der Waals surface area contributed by atoms with Crippen molar-refractivity contribution in [2.45, 2.75) is 56.2 Å². The van der Waals surface area contributed by atoms with Crippen LogP contribution in [0.2, 0.25) is 0 Å². The van der Waals surface area contributed by atoms with E-state index in [1.165, 1.54) is 11.8 Å². The fraction of sp³-hybridized carbons (Fsp3) is 0.591. The van der Waals surface area contributed by atoms with Gasteiger partial charge in [0.1, 0.15) is 0 Å². The van der Waals surface area contributed by atoms with E-state index in [0.717, 1.165) is 44.3 Å². The molecule has 1 aromatic heterocycles. The molecule has 0 bridgehead atoms. The number of nitrogens with one attached hydrogen (secondary N) is 1. The van der Waals surface area contributed by atoms with Gasteiger partial charge in [0.15, 0.2) is 0 Å². The highest BCUT2D eigenvalue weighted by Gasteiger charge is 2.37. The van der Waals surface area contributed by atoms with Gasteiger partial charge in [-0.2, -0.15) is 5.10 Å². The van der Waals surface area contributed by atoms with E-state index in [1.54, 1.807) is 4.68 Å². The number of ether oxygens (including phenoxy) is 1. The summed E-state index contributed by atoms with van der Waals surface area (Å²) in [7, 11) is -1.38. The Morgan fingerprint density at radius 2 is 1.87 bits per heavy atom. The summed E-state index contributed by atoms with van der Waals surface area (Å²) in [6.45, 7) is 1.30. The van der Waals surface area contributed by atoms with Gasteiger partial charge in [0.2, 0.25) is 10.0 Å². The monoisotopic (exact) mass is 432 g/mol. The van der Waals surface area contributed by atoms with E-state index in [9.17, 15) is 8.42 Å². The van der Waals surface area contributed by atoms with Crippen molar-refractivity contribution in [3.05, 3.63) is 48.3 Å². The number of aryl methyl sites for hydroxylation is 1. The number of benzene rings is 1. The van der Waals surface area contributed by atoms with Gasteiger partial charge in [-0.3, -0.25) is 4.68 Å². The minimum Gasteiger partial charge on any atom is -0.376 e. The lowest BCUT2D eigenvalue weighted by molar-refractivity contribution is 0.0157. The summed E-state index contributed by atoms with van der Waals surface area (Å²) in [4.78, 5) is 2.23. The Labute approximate surface area is 179 Å². The van der Waals surface area contributed by atoms with Gasteiger partial charge in [0.05, 0.1) is 36.9 Å². The van der Waals surface area contributed by atoms with E-state index >= 15 is 0 Å². The molecule has 2 heterocycles. The SMILES string of the molecule is Cn1cc(N2CC[C@H](NS(C)(=O)=O)[C@@H]2CO[C@H]2CC[C@@H](c3ccccc3)CC2)cn1. The summed E-state index contributed by atoms with van der Waals surface area (Å²) in [5.74, 6) is 0.615. The fourth-order valence-electron chi connectivity index (χ4n) is 4.87. The van der Waals surface area contributed by atoms with E-state index in [2.05, 4.69) is 45.1 Å². The molecule has 1 saturated carbocycles. The third-order valence-electron chi connectivity index (χ3n) is 6.38. The predicted molar refractivity (Wildman–Crippen MR) is 118 cm³/mol. The third-order valence-corrected chi connectivity index (χ3v) is 7.11. The lowest BCUT2D eigenvalue weighted by Gasteiger charge is -2.33. The number of rotatable bonds is 7. The largest absolute Gasteiger partial charge is 0.376 e. The second-order valence-electron chi connectivity index (χ2n) is 8.64. The topological polar surface area (TPSA) is 76.5 Å². The average molecular weight is 433 g/mol. The summed E-state index contributed by atoms with van der Waals surface area (Å²) in [6.07, 6.45) is 10.4. The smallest absolute Gasteiger partial charge is 0.209 e. The average Bonchev–Trinajstić information content (AvgIpc) is 3.32. The second kappa shape index (κ2) is 9.08. The van der Waals surface area contributed by atoms with Crippen molar-refractivity contribution in [1.82, 2.24) is 14.5 Å². The highest BCUT2D eigenvalue weighted by atomic mass is 32.2. The summed E-state index contributed by atoms with van der Waals surface area (Å²) in [6, 6.07) is 10.5. The maximum atomic E-state index is 11.9. The molecule has 1 saturated heterocycles. The van der Waals surface area contributed by atoms with E-state index in [-0.39, 0.29) is 18.2 Å². The fourth-order valence-corrected chi connectivity index (χ4v) is 5.70. The molecule has 7 nitrogen and oxygen atoms in total. The van der Waals surface area contributed by atoms with Crippen LogP contribution < -0.4 is 9.62 Å². The minimum absolute atomic E-state index is 0.0317. The van der Waals surface area contributed by atoms with Gasteiger partial charge in [0, 0.05) is 25.8 Å². The Balaban J connectivity index is 1.37. The lowest BCUT2D eigenvalue weighted by atomic mass is 9.83. The summed E-state index contributed by atoms with van der Waals surface area (Å²) in [5, 5.41) is 4.28. The van der Waals surface area contributed by atoms with Crippen molar-refractivity contribution in [2.75, 3.05) is 24.3 Å². The molecule has 4 rings (SSSR count). The van der Waals surface area contributed by atoms with E-state index < -0.39 is 10.0 Å². The highest BCUT2D eigenvalue weighted by molar-refractivity contribution is 7.88. The Kier molecular flexibility index (Phi) is 6.46. The van der Waals surface area contributed by atoms with Crippen LogP contribution in [0.25, 0.3) is 0 Å². The van der Waals surface area contributed by atoms with Crippen molar-refractivity contribution in [3.8, 4) is 0 Å². The molecule has 2 aromatic rings. The predicted octanol–water partition coefficient (Wildman–Crippen LogP) is 2.66. The third kappa shape index (κ3) is 5.22. The molecule has 0 unspecified atom stereocenters. The first-order valence-electron chi connectivity index (χ1n) is 10.8. The minimum atomic E-state index is -3.28. The summed E-state index contributed by atoms with van der Waals surface area (Å²) < 4.78 is 34.7. The van der Waals surface area contributed by atoms with Crippen molar-refractivity contribution in [3.63, 3.8) is 0 Å². The lowest BCUT2D eigenvalue weighted by Crippen LogP contribution is -2.48. The molecule has 2 atom stereocenters. The maximum Gasteiger partial charge on any atom is 0.209 e. The number of anilines is 1.